The number of aromatic nitrogens is 3. The number of benzene rings is 2. The second-order valence-corrected chi connectivity index (χ2v) is 7.52. The largest absolute Gasteiger partial charge is 0.305 e. The molecule has 1 aliphatic heterocycles. The molecule has 0 bridgehead atoms. The molecule has 5 nitrogen and oxygen atoms in total. The van der Waals surface area contributed by atoms with Gasteiger partial charge in [-0.05, 0) is 55.3 Å². The van der Waals surface area contributed by atoms with Crippen LogP contribution in [0.25, 0.3) is 16.9 Å². The number of hydrogen-bond donors (Lipinski definition) is 0. The van der Waals surface area contributed by atoms with Gasteiger partial charge in [-0.25, -0.2) is 22.7 Å². The molecule has 0 saturated carbocycles. The van der Waals surface area contributed by atoms with E-state index in [1.54, 1.807) is 4.90 Å². The van der Waals surface area contributed by atoms with Crippen molar-refractivity contribution < 1.29 is 18.0 Å². The number of anilines is 1. The summed E-state index contributed by atoms with van der Waals surface area (Å²) in [6.07, 6.45) is -0.852. The van der Waals surface area contributed by atoms with Gasteiger partial charge in [0.15, 0.2) is 5.65 Å². The number of carbonyl (C=O) groups is 1. The Morgan fingerprint density at radius 3 is 2.61 bits per heavy atom. The Bertz CT molecular complexity index is 1300. The molecule has 8 heteroatoms. The molecule has 0 radical (unpaired) electrons. The molecule has 0 spiro atoms. The van der Waals surface area contributed by atoms with E-state index < -0.39 is 17.9 Å². The van der Waals surface area contributed by atoms with Crippen molar-refractivity contribution in [1.82, 2.24) is 14.6 Å². The third-order valence-corrected chi connectivity index (χ3v) is 5.52. The standard InChI is InChI=1S/C23H17F3N4O/c1-13-10-15-4-2-3-5-19(15)29(13)23(31)17-12-27-30-20(21(25)26)11-18(28-22(17)30)14-6-8-16(24)9-7-14/h2-9,11-13,21H,10H2,1H3/t13-/m1/s1. The maximum Gasteiger partial charge on any atom is 0.280 e. The minimum Gasteiger partial charge on any atom is -0.305 e. The zero-order valence-corrected chi connectivity index (χ0v) is 16.5. The third-order valence-electron chi connectivity index (χ3n) is 5.52. The van der Waals surface area contributed by atoms with Gasteiger partial charge in [0.05, 0.1) is 11.9 Å². The zero-order valence-electron chi connectivity index (χ0n) is 16.5. The second kappa shape index (κ2) is 7.23. The van der Waals surface area contributed by atoms with E-state index >= 15 is 0 Å². The van der Waals surface area contributed by atoms with E-state index in [-0.39, 0.29) is 28.9 Å². The normalized spacial score (nSPS) is 15.6. The van der Waals surface area contributed by atoms with E-state index in [0.717, 1.165) is 15.8 Å². The van der Waals surface area contributed by atoms with E-state index in [1.165, 1.54) is 36.5 Å². The third kappa shape index (κ3) is 3.15. The lowest BCUT2D eigenvalue weighted by molar-refractivity contribution is 0.0982. The Balaban J connectivity index is 1.66. The molecular weight excluding hydrogens is 405 g/mol. The number of fused-ring (bicyclic) bond motifs is 2. The fourth-order valence-electron chi connectivity index (χ4n) is 4.07. The van der Waals surface area contributed by atoms with Crippen LogP contribution in [-0.2, 0) is 6.42 Å². The van der Waals surface area contributed by atoms with Gasteiger partial charge in [-0.2, -0.15) is 5.10 Å². The zero-order chi connectivity index (χ0) is 21.7. The summed E-state index contributed by atoms with van der Waals surface area (Å²) in [6.45, 7) is 1.94. The predicted octanol–water partition coefficient (Wildman–Crippen LogP) is 5.06. The highest BCUT2D eigenvalue weighted by atomic mass is 19.3. The van der Waals surface area contributed by atoms with Gasteiger partial charge in [0.1, 0.15) is 17.1 Å². The topological polar surface area (TPSA) is 50.5 Å². The Labute approximate surface area is 175 Å². The van der Waals surface area contributed by atoms with Crippen molar-refractivity contribution in [3.8, 4) is 11.3 Å². The molecule has 0 fully saturated rings. The highest BCUT2D eigenvalue weighted by Gasteiger charge is 2.33. The van der Waals surface area contributed by atoms with Crippen molar-refractivity contribution in [1.29, 1.82) is 0 Å². The first kappa shape index (κ1) is 19.3. The summed E-state index contributed by atoms with van der Waals surface area (Å²) in [5.74, 6) is -0.794. The number of halogens is 3. The van der Waals surface area contributed by atoms with Crippen LogP contribution in [0.3, 0.4) is 0 Å². The molecule has 0 saturated heterocycles. The van der Waals surface area contributed by atoms with E-state index in [4.69, 9.17) is 0 Å². The lowest BCUT2D eigenvalue weighted by Gasteiger charge is -2.22. The van der Waals surface area contributed by atoms with Crippen LogP contribution in [0.15, 0.2) is 60.8 Å². The van der Waals surface area contributed by atoms with Gasteiger partial charge in [-0.15, -0.1) is 0 Å². The van der Waals surface area contributed by atoms with Crippen molar-refractivity contribution in [2.24, 2.45) is 0 Å². The van der Waals surface area contributed by atoms with Crippen LogP contribution in [0.5, 0.6) is 0 Å². The summed E-state index contributed by atoms with van der Waals surface area (Å²) in [5, 5.41) is 4.03. The van der Waals surface area contributed by atoms with Crippen LogP contribution in [-0.4, -0.2) is 26.5 Å². The summed E-state index contributed by atoms with van der Waals surface area (Å²) >= 11 is 0. The molecular formula is C23H17F3N4O. The van der Waals surface area contributed by atoms with E-state index in [9.17, 15) is 18.0 Å². The fourth-order valence-corrected chi connectivity index (χ4v) is 4.07. The van der Waals surface area contributed by atoms with Gasteiger partial charge in [0, 0.05) is 17.3 Å². The van der Waals surface area contributed by atoms with Crippen molar-refractivity contribution in [2.75, 3.05) is 4.90 Å². The minimum absolute atomic E-state index is 0.0405. The highest BCUT2D eigenvalue weighted by molar-refractivity contribution is 6.11. The lowest BCUT2D eigenvalue weighted by atomic mass is 10.1. The number of rotatable bonds is 3. The Kier molecular flexibility index (Phi) is 4.50. The molecule has 2 aromatic carbocycles. The van der Waals surface area contributed by atoms with Crippen LogP contribution >= 0.6 is 0 Å². The fraction of sp³-hybridized carbons (Fsp3) is 0.174. The molecule has 0 N–H and O–H groups in total. The first-order chi connectivity index (χ1) is 14.9. The monoisotopic (exact) mass is 422 g/mol. The molecule has 1 aliphatic rings. The molecule has 1 atom stereocenters. The summed E-state index contributed by atoms with van der Waals surface area (Å²) in [7, 11) is 0. The number of hydrogen-bond acceptors (Lipinski definition) is 3. The first-order valence-corrected chi connectivity index (χ1v) is 9.78. The Morgan fingerprint density at radius 2 is 1.87 bits per heavy atom. The van der Waals surface area contributed by atoms with Crippen LogP contribution < -0.4 is 4.90 Å². The number of carbonyl (C=O) groups excluding carboxylic acids is 1. The maximum atomic E-state index is 13.8. The molecule has 0 unspecified atom stereocenters. The van der Waals surface area contributed by atoms with E-state index in [0.29, 0.717) is 12.0 Å². The number of amides is 1. The van der Waals surface area contributed by atoms with Crippen molar-refractivity contribution in [2.45, 2.75) is 25.8 Å². The van der Waals surface area contributed by atoms with Gasteiger partial charge < -0.3 is 4.90 Å². The molecule has 2 aromatic heterocycles. The smallest absolute Gasteiger partial charge is 0.280 e. The Morgan fingerprint density at radius 1 is 1.13 bits per heavy atom. The summed E-state index contributed by atoms with van der Waals surface area (Å²) in [4.78, 5) is 19.6. The summed E-state index contributed by atoms with van der Waals surface area (Å²) < 4.78 is 41.9. The maximum absolute atomic E-state index is 13.8. The van der Waals surface area contributed by atoms with Gasteiger partial charge in [-0.1, -0.05) is 18.2 Å². The van der Waals surface area contributed by atoms with Crippen molar-refractivity contribution in [3.05, 3.63) is 83.4 Å². The minimum atomic E-state index is -2.83. The number of nitrogens with zero attached hydrogens (tertiary/aromatic N) is 4. The SMILES string of the molecule is C[C@@H]1Cc2ccccc2N1C(=O)c1cnn2c(C(F)F)cc(-c3ccc(F)cc3)nc12. The molecule has 4 aromatic rings. The van der Waals surface area contributed by atoms with Gasteiger partial charge in [0.2, 0.25) is 0 Å². The second-order valence-electron chi connectivity index (χ2n) is 7.52. The van der Waals surface area contributed by atoms with Crippen molar-refractivity contribution in [3.63, 3.8) is 0 Å². The highest BCUT2D eigenvalue weighted by Crippen LogP contribution is 2.34. The average Bonchev–Trinajstić information content (AvgIpc) is 3.33. The van der Waals surface area contributed by atoms with Crippen LogP contribution in [0, 0.1) is 5.82 Å². The molecule has 156 valence electrons. The Hall–Kier alpha value is -3.68. The van der Waals surface area contributed by atoms with Crippen LogP contribution in [0.2, 0.25) is 0 Å². The molecule has 31 heavy (non-hydrogen) atoms. The van der Waals surface area contributed by atoms with Crippen LogP contribution in [0.4, 0.5) is 18.9 Å². The van der Waals surface area contributed by atoms with Gasteiger partial charge >= 0.3 is 0 Å². The van der Waals surface area contributed by atoms with Crippen LogP contribution in [0.1, 0.15) is 35.0 Å². The molecule has 0 aliphatic carbocycles. The van der Waals surface area contributed by atoms with E-state index in [2.05, 4.69) is 10.1 Å². The lowest BCUT2D eigenvalue weighted by Crippen LogP contribution is -2.35. The average molecular weight is 422 g/mol. The van der Waals surface area contributed by atoms with Crippen molar-refractivity contribution >= 4 is 17.2 Å². The molecule has 5 rings (SSSR count). The van der Waals surface area contributed by atoms with E-state index in [1.807, 2.05) is 31.2 Å². The summed E-state index contributed by atoms with van der Waals surface area (Å²) in [5.41, 5.74) is 2.31. The molecule has 3 heterocycles. The quantitative estimate of drug-likeness (QED) is 0.464. The number of alkyl halides is 2. The first-order valence-electron chi connectivity index (χ1n) is 9.78. The molecule has 1 amide bonds. The predicted molar refractivity (Wildman–Crippen MR) is 110 cm³/mol. The van der Waals surface area contributed by atoms with Gasteiger partial charge in [0.25, 0.3) is 12.3 Å². The number of para-hydroxylation sites is 1. The summed E-state index contributed by atoms with van der Waals surface area (Å²) in [6, 6.07) is 14.1. The van der Waals surface area contributed by atoms with Gasteiger partial charge in [-0.3, -0.25) is 4.79 Å².